The summed E-state index contributed by atoms with van der Waals surface area (Å²) in [5.74, 6) is -1.40. The van der Waals surface area contributed by atoms with E-state index in [2.05, 4.69) is 10.6 Å². The Hall–Kier alpha value is -5.20. The van der Waals surface area contributed by atoms with Crippen molar-refractivity contribution in [1.82, 2.24) is 0 Å². The third-order valence-electron chi connectivity index (χ3n) is 4.39. The van der Waals surface area contributed by atoms with Gasteiger partial charge >= 0.3 is 0 Å². The summed E-state index contributed by atoms with van der Waals surface area (Å²) in [5, 5.41) is 37.6. The molecule has 0 bridgehead atoms. The van der Waals surface area contributed by atoms with E-state index in [-0.39, 0.29) is 39.6 Å². The molecular formula is C20H13N5O8. The van der Waals surface area contributed by atoms with E-state index >= 15 is 0 Å². The quantitative estimate of drug-likeness (QED) is 0.399. The summed E-state index contributed by atoms with van der Waals surface area (Å²) in [4.78, 5) is 55.8. The smallest absolute Gasteiger partial charge is 0.271 e. The molecule has 2 N–H and O–H groups in total. The first kappa shape index (κ1) is 22.5. The summed E-state index contributed by atoms with van der Waals surface area (Å²) in [6.45, 7) is 0. The number of carbonyl (C=O) groups is 2. The van der Waals surface area contributed by atoms with Crippen LogP contribution < -0.4 is 10.6 Å². The molecule has 2 amide bonds. The minimum atomic E-state index is -0.726. The van der Waals surface area contributed by atoms with Crippen LogP contribution in [0.15, 0.2) is 66.7 Å². The molecule has 3 aromatic carbocycles. The number of nitro groups is 3. The Morgan fingerprint density at radius 2 is 0.909 bits per heavy atom. The van der Waals surface area contributed by atoms with Crippen molar-refractivity contribution in [3.05, 3.63) is 108 Å². The lowest BCUT2D eigenvalue weighted by Gasteiger charge is -2.12. The Labute approximate surface area is 184 Å². The van der Waals surface area contributed by atoms with Crippen LogP contribution in [0.25, 0.3) is 0 Å². The summed E-state index contributed by atoms with van der Waals surface area (Å²) >= 11 is 0. The molecule has 0 saturated heterocycles. The zero-order chi connectivity index (χ0) is 24.1. The summed E-state index contributed by atoms with van der Waals surface area (Å²) in [6.07, 6.45) is 0. The third kappa shape index (κ3) is 5.29. The molecule has 0 aliphatic carbocycles. The topological polar surface area (TPSA) is 188 Å². The predicted molar refractivity (Wildman–Crippen MR) is 115 cm³/mol. The largest absolute Gasteiger partial charge is 0.320 e. The van der Waals surface area contributed by atoms with Gasteiger partial charge in [0, 0.05) is 47.5 Å². The number of amides is 2. The highest BCUT2D eigenvalue weighted by Crippen LogP contribution is 2.28. The highest BCUT2D eigenvalue weighted by Gasteiger charge is 2.18. The van der Waals surface area contributed by atoms with Gasteiger partial charge in [-0.1, -0.05) is 0 Å². The molecule has 3 rings (SSSR count). The van der Waals surface area contributed by atoms with Crippen LogP contribution in [0.4, 0.5) is 28.4 Å². The Morgan fingerprint density at radius 3 is 1.30 bits per heavy atom. The zero-order valence-corrected chi connectivity index (χ0v) is 16.5. The van der Waals surface area contributed by atoms with Gasteiger partial charge in [0.05, 0.1) is 26.1 Å². The van der Waals surface area contributed by atoms with Gasteiger partial charge in [0.1, 0.15) is 0 Å². The van der Waals surface area contributed by atoms with Gasteiger partial charge in [0.25, 0.3) is 28.9 Å². The minimum absolute atomic E-state index is 0.0271. The van der Waals surface area contributed by atoms with E-state index in [4.69, 9.17) is 0 Å². The van der Waals surface area contributed by atoms with Gasteiger partial charge in [-0.05, 0) is 30.3 Å². The number of hydrogen-bond acceptors (Lipinski definition) is 8. The molecule has 0 aromatic heterocycles. The molecule has 166 valence electrons. The summed E-state index contributed by atoms with van der Waals surface area (Å²) < 4.78 is 0. The highest BCUT2D eigenvalue weighted by atomic mass is 16.6. The van der Waals surface area contributed by atoms with Crippen LogP contribution in [0.3, 0.4) is 0 Å². The van der Waals surface area contributed by atoms with Crippen LogP contribution in [-0.2, 0) is 0 Å². The monoisotopic (exact) mass is 451 g/mol. The lowest BCUT2D eigenvalue weighted by atomic mass is 10.1. The summed E-state index contributed by atoms with van der Waals surface area (Å²) in [6, 6.07) is 12.8. The predicted octanol–water partition coefficient (Wildman–Crippen LogP) is 3.92. The molecule has 0 atom stereocenters. The van der Waals surface area contributed by atoms with Crippen molar-refractivity contribution >= 4 is 40.3 Å². The van der Waals surface area contributed by atoms with Crippen LogP contribution in [-0.4, -0.2) is 26.6 Å². The molecular weight excluding hydrogens is 438 g/mol. The summed E-state index contributed by atoms with van der Waals surface area (Å²) in [5.41, 5.74) is -0.744. The molecule has 13 heteroatoms. The molecule has 0 saturated carbocycles. The number of nitrogens with one attached hydrogen (secondary N) is 2. The fraction of sp³-hybridized carbons (Fsp3) is 0. The van der Waals surface area contributed by atoms with Crippen molar-refractivity contribution in [3.8, 4) is 0 Å². The Morgan fingerprint density at radius 1 is 0.545 bits per heavy atom. The number of anilines is 2. The zero-order valence-electron chi connectivity index (χ0n) is 16.5. The van der Waals surface area contributed by atoms with Crippen molar-refractivity contribution in [2.45, 2.75) is 0 Å². The average Bonchev–Trinajstić information content (AvgIpc) is 2.80. The Bertz CT molecular complexity index is 1270. The molecule has 0 unspecified atom stereocenters. The van der Waals surface area contributed by atoms with E-state index in [1.54, 1.807) is 0 Å². The molecule has 0 radical (unpaired) electrons. The van der Waals surface area contributed by atoms with Gasteiger partial charge in [-0.15, -0.1) is 0 Å². The maximum atomic E-state index is 12.6. The fourth-order valence-corrected chi connectivity index (χ4v) is 2.72. The van der Waals surface area contributed by atoms with E-state index < -0.39 is 26.6 Å². The first-order valence-corrected chi connectivity index (χ1v) is 9.06. The Balaban J connectivity index is 1.87. The molecule has 3 aromatic rings. The van der Waals surface area contributed by atoms with Gasteiger partial charge in [0.2, 0.25) is 0 Å². The van der Waals surface area contributed by atoms with Gasteiger partial charge in [-0.25, -0.2) is 0 Å². The standard InChI is InChI=1S/C20H13N5O8/c26-19(12-1-5-14(6-2-12)23(28)29)21-17-10-9-16(25(32)33)11-18(17)22-20(27)13-3-7-15(8-4-13)24(30)31/h1-11H,(H,21,26)(H,22,27). The highest BCUT2D eigenvalue weighted by molar-refractivity contribution is 6.10. The normalized spacial score (nSPS) is 10.2. The second-order valence-electron chi connectivity index (χ2n) is 6.50. The van der Waals surface area contributed by atoms with Crippen LogP contribution >= 0.6 is 0 Å². The van der Waals surface area contributed by atoms with E-state index in [9.17, 15) is 39.9 Å². The van der Waals surface area contributed by atoms with Crippen molar-refractivity contribution in [3.63, 3.8) is 0 Å². The number of rotatable bonds is 7. The molecule has 0 spiro atoms. The van der Waals surface area contributed by atoms with Gasteiger partial charge in [-0.3, -0.25) is 39.9 Å². The van der Waals surface area contributed by atoms with Crippen molar-refractivity contribution in [2.24, 2.45) is 0 Å². The summed E-state index contributed by atoms with van der Waals surface area (Å²) in [7, 11) is 0. The molecule has 0 heterocycles. The lowest BCUT2D eigenvalue weighted by molar-refractivity contribution is -0.385. The first-order valence-electron chi connectivity index (χ1n) is 9.06. The maximum Gasteiger partial charge on any atom is 0.271 e. The fourth-order valence-electron chi connectivity index (χ4n) is 2.72. The third-order valence-corrected chi connectivity index (χ3v) is 4.39. The van der Waals surface area contributed by atoms with E-state index in [1.807, 2.05) is 0 Å². The average molecular weight is 451 g/mol. The number of nitro benzene ring substituents is 3. The first-order chi connectivity index (χ1) is 15.7. The molecule has 0 fully saturated rings. The van der Waals surface area contributed by atoms with Crippen LogP contribution in [0.2, 0.25) is 0 Å². The number of benzene rings is 3. The molecule has 33 heavy (non-hydrogen) atoms. The van der Waals surface area contributed by atoms with Crippen LogP contribution in [0.1, 0.15) is 20.7 Å². The molecule has 0 aliphatic rings. The van der Waals surface area contributed by atoms with E-state index in [1.165, 1.54) is 30.3 Å². The maximum absolute atomic E-state index is 12.6. The van der Waals surface area contributed by atoms with Gasteiger partial charge < -0.3 is 10.6 Å². The van der Waals surface area contributed by atoms with Crippen molar-refractivity contribution in [1.29, 1.82) is 0 Å². The van der Waals surface area contributed by atoms with Crippen molar-refractivity contribution < 1.29 is 24.4 Å². The van der Waals surface area contributed by atoms with E-state index in [0.717, 1.165) is 36.4 Å². The molecule has 0 aliphatic heterocycles. The lowest BCUT2D eigenvalue weighted by Crippen LogP contribution is -2.17. The second kappa shape index (κ2) is 9.30. The SMILES string of the molecule is O=C(Nc1ccc([N+](=O)[O-])cc1NC(=O)c1ccc([N+](=O)[O-])cc1)c1ccc([N+](=O)[O-])cc1. The molecule has 13 nitrogen and oxygen atoms in total. The number of nitrogens with zero attached hydrogens (tertiary/aromatic N) is 3. The second-order valence-corrected chi connectivity index (χ2v) is 6.50. The van der Waals surface area contributed by atoms with Gasteiger partial charge in [0.15, 0.2) is 0 Å². The van der Waals surface area contributed by atoms with Crippen LogP contribution in [0.5, 0.6) is 0 Å². The minimum Gasteiger partial charge on any atom is -0.320 e. The van der Waals surface area contributed by atoms with E-state index in [0.29, 0.717) is 0 Å². The van der Waals surface area contributed by atoms with Crippen LogP contribution in [0, 0.1) is 30.3 Å². The number of carbonyl (C=O) groups excluding carboxylic acids is 2. The number of hydrogen-bond donors (Lipinski definition) is 2. The van der Waals surface area contributed by atoms with Crippen molar-refractivity contribution in [2.75, 3.05) is 10.6 Å². The number of non-ortho nitro benzene ring substituents is 3. The van der Waals surface area contributed by atoms with Gasteiger partial charge in [-0.2, -0.15) is 0 Å². The Kier molecular flexibility index (Phi) is 6.34.